The van der Waals surface area contributed by atoms with Crippen molar-refractivity contribution in [3.63, 3.8) is 0 Å². The van der Waals surface area contributed by atoms with Gasteiger partial charge in [0.05, 0.1) is 6.42 Å². The Morgan fingerprint density at radius 3 is 2.24 bits per heavy atom. The van der Waals surface area contributed by atoms with Crippen molar-refractivity contribution < 1.29 is 22.5 Å². The first-order valence-corrected chi connectivity index (χ1v) is 10.7. The van der Waals surface area contributed by atoms with Gasteiger partial charge in [0.1, 0.15) is 10.6 Å². The maximum atomic E-state index is 12.9. The minimum absolute atomic E-state index is 0.0633. The van der Waals surface area contributed by atoms with Crippen molar-refractivity contribution in [1.82, 2.24) is 14.4 Å². The summed E-state index contributed by atoms with van der Waals surface area (Å²) in [4.78, 5) is 25.4. The molecule has 1 aliphatic rings. The second-order valence-corrected chi connectivity index (χ2v) is 8.87. The van der Waals surface area contributed by atoms with Gasteiger partial charge >= 0.3 is 0 Å². The monoisotopic (exact) mass is 420 g/mol. The molecule has 0 aliphatic carbocycles. The van der Waals surface area contributed by atoms with E-state index in [2.05, 4.69) is 10.5 Å². The summed E-state index contributed by atoms with van der Waals surface area (Å²) in [5.41, 5.74) is 1.84. The van der Waals surface area contributed by atoms with Crippen LogP contribution in [-0.2, 0) is 26.0 Å². The van der Waals surface area contributed by atoms with E-state index in [-0.39, 0.29) is 42.0 Å². The molecule has 2 heterocycles. The Kier molecular flexibility index (Phi) is 6.04. The van der Waals surface area contributed by atoms with E-state index in [1.807, 2.05) is 0 Å². The van der Waals surface area contributed by atoms with Crippen molar-refractivity contribution in [3.05, 3.63) is 41.3 Å². The fourth-order valence-corrected chi connectivity index (χ4v) is 5.06. The first kappa shape index (κ1) is 21.0. The zero-order valence-electron chi connectivity index (χ0n) is 16.6. The first-order chi connectivity index (χ1) is 13.7. The topological polar surface area (TPSA) is 113 Å². The van der Waals surface area contributed by atoms with Crippen molar-refractivity contribution in [2.75, 3.05) is 31.5 Å². The number of amides is 2. The lowest BCUT2D eigenvalue weighted by Crippen LogP contribution is -2.51. The number of benzene rings is 1. The number of sulfonamides is 1. The molecule has 0 atom stereocenters. The molecule has 0 saturated carbocycles. The molecule has 2 aromatic rings. The third-order valence-electron chi connectivity index (χ3n) is 4.79. The number of anilines is 1. The van der Waals surface area contributed by atoms with Crippen LogP contribution in [0.3, 0.4) is 0 Å². The second kappa shape index (κ2) is 8.34. The highest BCUT2D eigenvalue weighted by molar-refractivity contribution is 7.89. The van der Waals surface area contributed by atoms with E-state index >= 15 is 0 Å². The van der Waals surface area contributed by atoms with Crippen LogP contribution in [0.1, 0.15) is 23.9 Å². The number of carbonyl (C=O) groups is 2. The highest BCUT2D eigenvalue weighted by Crippen LogP contribution is 2.24. The average Bonchev–Trinajstić information content (AvgIpc) is 3.02. The molecule has 1 aromatic heterocycles. The lowest BCUT2D eigenvalue weighted by molar-refractivity contribution is -0.131. The van der Waals surface area contributed by atoms with Gasteiger partial charge in [-0.15, -0.1) is 0 Å². The zero-order valence-corrected chi connectivity index (χ0v) is 17.5. The zero-order chi connectivity index (χ0) is 21.2. The number of aromatic nitrogens is 1. The Labute approximate surface area is 169 Å². The Bertz CT molecular complexity index is 986. The van der Waals surface area contributed by atoms with Crippen LogP contribution in [0.4, 0.5) is 5.69 Å². The molecule has 10 heteroatoms. The Morgan fingerprint density at radius 1 is 1.10 bits per heavy atom. The van der Waals surface area contributed by atoms with Crippen LogP contribution in [-0.4, -0.2) is 60.8 Å². The number of rotatable bonds is 5. The van der Waals surface area contributed by atoms with Crippen molar-refractivity contribution >= 4 is 27.5 Å². The van der Waals surface area contributed by atoms with E-state index in [0.717, 1.165) is 5.56 Å². The fraction of sp³-hybridized carbons (Fsp3) is 0.421. The molecule has 1 N–H and O–H groups in total. The molecule has 9 nitrogen and oxygen atoms in total. The summed E-state index contributed by atoms with van der Waals surface area (Å²) in [5.74, 6) is 0.0496. The molecular formula is C19H24N4O5S. The van der Waals surface area contributed by atoms with Gasteiger partial charge in [0.15, 0.2) is 5.76 Å². The standard InChI is InChI=1S/C19H24N4O5S/c1-13-19(14(2)28-21-13)29(26,27)23-10-8-22(9-11-23)18(25)12-16-4-6-17(7-5-16)20-15(3)24/h4-7H,8-12H2,1-3H3,(H,20,24). The van der Waals surface area contributed by atoms with Gasteiger partial charge in [0.25, 0.3) is 0 Å². The molecule has 1 fully saturated rings. The van der Waals surface area contributed by atoms with Crippen LogP contribution in [0.2, 0.25) is 0 Å². The molecule has 0 unspecified atom stereocenters. The lowest BCUT2D eigenvalue weighted by atomic mass is 10.1. The van der Waals surface area contributed by atoms with E-state index in [9.17, 15) is 18.0 Å². The first-order valence-electron chi connectivity index (χ1n) is 9.26. The maximum absolute atomic E-state index is 12.9. The van der Waals surface area contributed by atoms with Crippen LogP contribution in [0, 0.1) is 13.8 Å². The minimum atomic E-state index is -3.70. The molecule has 0 radical (unpaired) electrons. The molecule has 2 amide bonds. The highest BCUT2D eigenvalue weighted by atomic mass is 32.2. The molecule has 3 rings (SSSR count). The van der Waals surface area contributed by atoms with Gasteiger partial charge in [-0.05, 0) is 31.5 Å². The van der Waals surface area contributed by atoms with Crippen LogP contribution < -0.4 is 5.32 Å². The number of nitrogens with zero attached hydrogens (tertiary/aromatic N) is 3. The maximum Gasteiger partial charge on any atom is 0.248 e. The molecular weight excluding hydrogens is 396 g/mol. The Hall–Kier alpha value is -2.72. The molecule has 1 aliphatic heterocycles. The third kappa shape index (κ3) is 4.65. The summed E-state index contributed by atoms with van der Waals surface area (Å²) in [6.07, 6.45) is 0.219. The molecule has 0 spiro atoms. The lowest BCUT2D eigenvalue weighted by Gasteiger charge is -2.34. The van der Waals surface area contributed by atoms with E-state index in [1.54, 1.807) is 43.0 Å². The van der Waals surface area contributed by atoms with E-state index in [1.165, 1.54) is 11.2 Å². The van der Waals surface area contributed by atoms with Crippen molar-refractivity contribution in [2.24, 2.45) is 0 Å². The van der Waals surface area contributed by atoms with Gasteiger partial charge < -0.3 is 14.7 Å². The quantitative estimate of drug-likeness (QED) is 0.781. The van der Waals surface area contributed by atoms with Crippen molar-refractivity contribution in [3.8, 4) is 0 Å². The van der Waals surface area contributed by atoms with Gasteiger partial charge in [-0.3, -0.25) is 9.59 Å². The van der Waals surface area contributed by atoms with Crippen LogP contribution in [0.5, 0.6) is 0 Å². The summed E-state index contributed by atoms with van der Waals surface area (Å²) in [5, 5.41) is 6.40. The van der Waals surface area contributed by atoms with Crippen molar-refractivity contribution in [2.45, 2.75) is 32.1 Å². The number of hydrogen-bond acceptors (Lipinski definition) is 6. The number of nitrogens with one attached hydrogen (secondary N) is 1. The van der Waals surface area contributed by atoms with Gasteiger partial charge in [-0.1, -0.05) is 17.3 Å². The predicted octanol–water partition coefficient (Wildman–Crippen LogP) is 1.33. The second-order valence-electron chi connectivity index (χ2n) is 6.99. The molecule has 0 bridgehead atoms. The summed E-state index contributed by atoms with van der Waals surface area (Å²) in [7, 11) is -3.70. The molecule has 1 saturated heterocycles. The van der Waals surface area contributed by atoms with Crippen LogP contribution in [0.15, 0.2) is 33.7 Å². The number of carbonyl (C=O) groups excluding carboxylic acids is 2. The molecule has 1 aromatic carbocycles. The van der Waals surface area contributed by atoms with Gasteiger partial charge in [0.2, 0.25) is 21.8 Å². The smallest absolute Gasteiger partial charge is 0.248 e. The highest BCUT2D eigenvalue weighted by Gasteiger charge is 2.34. The van der Waals surface area contributed by atoms with Crippen LogP contribution in [0.25, 0.3) is 0 Å². The number of hydrogen-bond donors (Lipinski definition) is 1. The summed E-state index contributed by atoms with van der Waals surface area (Å²) in [6.45, 7) is 5.70. The Balaban J connectivity index is 1.59. The Morgan fingerprint density at radius 2 is 1.72 bits per heavy atom. The van der Waals surface area contributed by atoms with Crippen molar-refractivity contribution in [1.29, 1.82) is 0 Å². The average molecular weight is 420 g/mol. The molecule has 156 valence electrons. The van der Waals surface area contributed by atoms with Gasteiger partial charge in [-0.2, -0.15) is 4.31 Å². The van der Waals surface area contributed by atoms with Gasteiger partial charge in [0, 0.05) is 38.8 Å². The largest absolute Gasteiger partial charge is 0.360 e. The third-order valence-corrected chi connectivity index (χ3v) is 6.93. The fourth-order valence-electron chi connectivity index (χ4n) is 3.35. The summed E-state index contributed by atoms with van der Waals surface area (Å²) >= 11 is 0. The van der Waals surface area contributed by atoms with Crippen LogP contribution >= 0.6 is 0 Å². The van der Waals surface area contributed by atoms with Gasteiger partial charge in [-0.25, -0.2) is 8.42 Å². The van der Waals surface area contributed by atoms with E-state index in [0.29, 0.717) is 24.5 Å². The predicted molar refractivity (Wildman–Crippen MR) is 106 cm³/mol. The normalized spacial score (nSPS) is 15.3. The summed E-state index contributed by atoms with van der Waals surface area (Å²) < 4.78 is 32.1. The summed E-state index contributed by atoms with van der Waals surface area (Å²) in [6, 6.07) is 7.08. The number of piperazine rings is 1. The van der Waals surface area contributed by atoms with E-state index in [4.69, 9.17) is 4.52 Å². The number of aryl methyl sites for hydroxylation is 2. The molecule has 29 heavy (non-hydrogen) atoms. The SMILES string of the molecule is CC(=O)Nc1ccc(CC(=O)N2CCN(S(=O)(=O)c3c(C)noc3C)CC2)cc1. The minimum Gasteiger partial charge on any atom is -0.360 e. The van der Waals surface area contributed by atoms with E-state index < -0.39 is 10.0 Å².